The summed E-state index contributed by atoms with van der Waals surface area (Å²) in [6.07, 6.45) is 0. The van der Waals surface area contributed by atoms with Crippen molar-refractivity contribution in [1.82, 2.24) is 5.32 Å². The van der Waals surface area contributed by atoms with E-state index in [1.165, 1.54) is 0 Å². The van der Waals surface area contributed by atoms with Gasteiger partial charge in [0.25, 0.3) is 0 Å². The number of ether oxygens (including phenoxy) is 2. The van der Waals surface area contributed by atoms with Crippen LogP contribution >= 0.6 is 0 Å². The van der Waals surface area contributed by atoms with E-state index in [0.717, 1.165) is 28.0 Å². The highest BCUT2D eigenvalue weighted by Crippen LogP contribution is 2.40. The third kappa shape index (κ3) is 3.09. The predicted octanol–water partition coefficient (Wildman–Crippen LogP) is 4.16. The topological polar surface area (TPSA) is 47.6 Å². The molecule has 0 radical (unpaired) electrons. The molecule has 0 bridgehead atoms. The molecule has 0 saturated heterocycles. The summed E-state index contributed by atoms with van der Waals surface area (Å²) in [7, 11) is 1.65. The van der Waals surface area contributed by atoms with Crippen LogP contribution in [0, 0.1) is 6.92 Å². The van der Waals surface area contributed by atoms with E-state index in [4.69, 9.17) is 9.47 Å². The van der Waals surface area contributed by atoms with Crippen molar-refractivity contribution < 1.29 is 14.3 Å². The van der Waals surface area contributed by atoms with E-state index >= 15 is 0 Å². The van der Waals surface area contributed by atoms with Gasteiger partial charge in [-0.15, -0.1) is 0 Å². The first-order valence-electron chi connectivity index (χ1n) is 8.90. The number of aryl methyl sites for hydroxylation is 1. The second-order valence-electron chi connectivity index (χ2n) is 6.68. The van der Waals surface area contributed by atoms with E-state index in [1.54, 1.807) is 7.11 Å². The van der Waals surface area contributed by atoms with Crippen molar-refractivity contribution in [3.05, 3.63) is 101 Å². The summed E-state index contributed by atoms with van der Waals surface area (Å²) in [6, 6.07) is 23.4. The van der Waals surface area contributed by atoms with Crippen molar-refractivity contribution in [2.75, 3.05) is 7.11 Å². The number of esters is 1. The maximum absolute atomic E-state index is 12.5. The van der Waals surface area contributed by atoms with E-state index in [1.807, 2.05) is 79.7 Å². The Morgan fingerprint density at radius 2 is 1.67 bits per heavy atom. The minimum Gasteiger partial charge on any atom is -0.497 e. The zero-order valence-electron chi connectivity index (χ0n) is 15.4. The van der Waals surface area contributed by atoms with Crippen LogP contribution in [0.1, 0.15) is 32.6 Å². The van der Waals surface area contributed by atoms with Crippen LogP contribution in [0.3, 0.4) is 0 Å². The molecular weight excluding hydrogens is 338 g/mol. The van der Waals surface area contributed by atoms with Crippen molar-refractivity contribution in [3.8, 4) is 5.75 Å². The van der Waals surface area contributed by atoms with Crippen molar-refractivity contribution >= 4 is 5.97 Å². The Balaban J connectivity index is 1.73. The summed E-state index contributed by atoms with van der Waals surface area (Å²) in [6.45, 7) is 2.58. The fourth-order valence-electron chi connectivity index (χ4n) is 3.42. The Labute approximate surface area is 158 Å². The molecule has 0 aromatic heterocycles. The Bertz CT molecular complexity index is 964. The van der Waals surface area contributed by atoms with Gasteiger partial charge in [0.2, 0.25) is 5.72 Å². The van der Waals surface area contributed by atoms with Gasteiger partial charge in [-0.05, 0) is 30.7 Å². The van der Waals surface area contributed by atoms with E-state index in [0.29, 0.717) is 12.1 Å². The molecule has 1 heterocycles. The molecule has 1 N–H and O–H groups in total. The summed E-state index contributed by atoms with van der Waals surface area (Å²) < 4.78 is 11.2. The lowest BCUT2D eigenvalue weighted by Gasteiger charge is -2.31. The van der Waals surface area contributed by atoms with Crippen LogP contribution in [0.25, 0.3) is 0 Å². The smallest absolute Gasteiger partial charge is 0.340 e. The molecule has 4 rings (SSSR count). The second kappa shape index (κ2) is 6.89. The van der Waals surface area contributed by atoms with E-state index in [2.05, 4.69) is 5.32 Å². The van der Waals surface area contributed by atoms with Crippen molar-refractivity contribution in [2.24, 2.45) is 0 Å². The first-order chi connectivity index (χ1) is 13.1. The number of methoxy groups -OCH3 is 1. The number of cyclic esters (lactones) is 1. The molecule has 0 amide bonds. The highest BCUT2D eigenvalue weighted by molar-refractivity contribution is 5.95. The Morgan fingerprint density at radius 1 is 0.963 bits per heavy atom. The molecule has 1 aliphatic rings. The molecule has 1 atom stereocenters. The van der Waals surface area contributed by atoms with Gasteiger partial charge >= 0.3 is 5.97 Å². The van der Waals surface area contributed by atoms with Gasteiger partial charge in [0.15, 0.2) is 0 Å². The van der Waals surface area contributed by atoms with Crippen LogP contribution in [-0.4, -0.2) is 13.1 Å². The normalized spacial score (nSPS) is 18.1. The quantitative estimate of drug-likeness (QED) is 0.695. The fourth-order valence-corrected chi connectivity index (χ4v) is 3.42. The molecule has 3 aromatic rings. The maximum Gasteiger partial charge on any atom is 0.340 e. The predicted molar refractivity (Wildman–Crippen MR) is 104 cm³/mol. The SMILES string of the molecule is COc1ccc(CNC2(c3ccc(C)cc3)OC(=O)c3ccccc32)cc1. The van der Waals surface area contributed by atoms with Crippen molar-refractivity contribution in [1.29, 1.82) is 0 Å². The minimum atomic E-state index is -0.999. The molecule has 136 valence electrons. The lowest BCUT2D eigenvalue weighted by Crippen LogP contribution is -2.43. The summed E-state index contributed by atoms with van der Waals surface area (Å²) in [5.74, 6) is 0.498. The largest absolute Gasteiger partial charge is 0.497 e. The molecule has 0 aliphatic carbocycles. The monoisotopic (exact) mass is 359 g/mol. The lowest BCUT2D eigenvalue weighted by atomic mass is 9.92. The van der Waals surface area contributed by atoms with Crippen LogP contribution in [0.5, 0.6) is 5.75 Å². The van der Waals surface area contributed by atoms with Crippen molar-refractivity contribution in [2.45, 2.75) is 19.2 Å². The highest BCUT2D eigenvalue weighted by Gasteiger charge is 2.46. The molecule has 0 spiro atoms. The van der Waals surface area contributed by atoms with E-state index in [-0.39, 0.29) is 5.97 Å². The molecule has 0 fully saturated rings. The van der Waals surface area contributed by atoms with Crippen LogP contribution in [0.15, 0.2) is 72.8 Å². The maximum atomic E-state index is 12.5. The molecule has 4 heteroatoms. The molecule has 0 saturated carbocycles. The van der Waals surface area contributed by atoms with E-state index in [9.17, 15) is 4.79 Å². The highest BCUT2D eigenvalue weighted by atomic mass is 16.6. The molecule has 4 nitrogen and oxygen atoms in total. The van der Waals surface area contributed by atoms with Gasteiger partial charge in [-0.3, -0.25) is 5.32 Å². The van der Waals surface area contributed by atoms with Crippen LogP contribution < -0.4 is 10.1 Å². The van der Waals surface area contributed by atoms with Crippen molar-refractivity contribution in [3.63, 3.8) is 0 Å². The average molecular weight is 359 g/mol. The Kier molecular flexibility index (Phi) is 4.42. The standard InChI is InChI=1S/C23H21NO3/c1-16-7-11-18(12-8-16)23(21-6-4-3-5-20(21)22(25)27-23)24-15-17-9-13-19(26-2)14-10-17/h3-14,24H,15H2,1-2H3. The number of fused-ring (bicyclic) bond motifs is 1. The number of benzene rings is 3. The van der Waals surface area contributed by atoms with Gasteiger partial charge in [0.1, 0.15) is 5.75 Å². The van der Waals surface area contributed by atoms with E-state index < -0.39 is 5.72 Å². The fraction of sp³-hybridized carbons (Fsp3) is 0.174. The number of hydrogen-bond acceptors (Lipinski definition) is 4. The zero-order valence-corrected chi connectivity index (χ0v) is 15.4. The minimum absolute atomic E-state index is 0.312. The molecule has 3 aromatic carbocycles. The third-order valence-electron chi connectivity index (χ3n) is 4.93. The van der Waals surface area contributed by atoms with Gasteiger partial charge in [-0.2, -0.15) is 0 Å². The number of rotatable bonds is 5. The summed E-state index contributed by atoms with van der Waals surface area (Å²) in [4.78, 5) is 12.5. The first kappa shape index (κ1) is 17.3. The lowest BCUT2D eigenvalue weighted by molar-refractivity contribution is -0.00585. The van der Waals surface area contributed by atoms with Gasteiger partial charge in [-0.25, -0.2) is 4.79 Å². The van der Waals surface area contributed by atoms with Gasteiger partial charge in [0.05, 0.1) is 12.7 Å². The summed E-state index contributed by atoms with van der Waals surface area (Å²) >= 11 is 0. The Morgan fingerprint density at radius 3 is 2.37 bits per heavy atom. The molecular formula is C23H21NO3. The van der Waals surface area contributed by atoms with Crippen LogP contribution in [-0.2, 0) is 17.0 Å². The van der Waals surface area contributed by atoms with Crippen LogP contribution in [0.4, 0.5) is 0 Å². The van der Waals surface area contributed by atoms with Gasteiger partial charge in [0, 0.05) is 17.7 Å². The summed E-state index contributed by atoms with van der Waals surface area (Å²) in [5.41, 5.74) is 3.57. The van der Waals surface area contributed by atoms with Gasteiger partial charge in [-0.1, -0.05) is 60.2 Å². The molecule has 27 heavy (non-hydrogen) atoms. The van der Waals surface area contributed by atoms with Crippen LogP contribution in [0.2, 0.25) is 0 Å². The second-order valence-corrected chi connectivity index (χ2v) is 6.68. The number of carbonyl (C=O) groups is 1. The third-order valence-corrected chi connectivity index (χ3v) is 4.93. The molecule has 1 unspecified atom stereocenters. The van der Waals surface area contributed by atoms with Gasteiger partial charge < -0.3 is 9.47 Å². The Hall–Kier alpha value is -3.11. The summed E-state index contributed by atoms with van der Waals surface area (Å²) in [5, 5.41) is 3.49. The number of carbonyl (C=O) groups excluding carboxylic acids is 1. The molecule has 1 aliphatic heterocycles. The first-order valence-corrected chi connectivity index (χ1v) is 8.90. The zero-order chi connectivity index (χ0) is 18.9. The number of hydrogen-bond donors (Lipinski definition) is 1. The number of nitrogens with one attached hydrogen (secondary N) is 1. The average Bonchev–Trinajstić information content (AvgIpc) is 3.01.